The van der Waals surface area contributed by atoms with Crippen molar-refractivity contribution in [2.45, 2.75) is 6.18 Å². The molecule has 8 nitrogen and oxygen atoms in total. The Morgan fingerprint density at radius 3 is 2.30 bits per heavy atom. The van der Waals surface area contributed by atoms with Crippen molar-refractivity contribution >= 4 is 23.6 Å². The highest BCUT2D eigenvalue weighted by Gasteiger charge is 2.38. The van der Waals surface area contributed by atoms with Gasteiger partial charge in [0.05, 0.1) is 13.7 Å². The molecule has 1 aromatic carbocycles. The van der Waals surface area contributed by atoms with Gasteiger partial charge >= 0.3 is 18.2 Å². The summed E-state index contributed by atoms with van der Waals surface area (Å²) >= 11 is 0. The molecule has 0 aliphatic heterocycles. The Morgan fingerprint density at radius 1 is 1.30 bits per heavy atom. The number of carboxylic acids is 1. The molecule has 5 N–H and O–H groups in total. The fourth-order valence-corrected chi connectivity index (χ4v) is 1.04. The van der Waals surface area contributed by atoms with Crippen LogP contribution >= 0.6 is 0 Å². The summed E-state index contributed by atoms with van der Waals surface area (Å²) in [6.45, 7) is -0.199. The second kappa shape index (κ2) is 9.12. The molecule has 0 aliphatic rings. The van der Waals surface area contributed by atoms with Crippen LogP contribution in [0.25, 0.3) is 0 Å². The molecular formula is C12H14F3N3O5. The quantitative estimate of drug-likeness (QED) is 0.649. The number of alkyl halides is 3. The zero-order valence-corrected chi connectivity index (χ0v) is 11.8. The van der Waals surface area contributed by atoms with Crippen LogP contribution in [0.15, 0.2) is 24.3 Å². The molecule has 1 aromatic rings. The van der Waals surface area contributed by atoms with Crippen LogP contribution in [0.4, 0.5) is 23.7 Å². The van der Waals surface area contributed by atoms with E-state index in [1.165, 1.54) is 7.11 Å². The van der Waals surface area contributed by atoms with Gasteiger partial charge in [-0.3, -0.25) is 4.79 Å². The molecule has 0 aliphatic carbocycles. The predicted molar refractivity (Wildman–Crippen MR) is 72.9 cm³/mol. The van der Waals surface area contributed by atoms with Gasteiger partial charge in [-0.05, 0) is 12.1 Å². The molecule has 1 rings (SSSR count). The average Bonchev–Trinajstić information content (AvgIpc) is 2.45. The van der Waals surface area contributed by atoms with Gasteiger partial charge in [0.15, 0.2) is 0 Å². The van der Waals surface area contributed by atoms with E-state index in [1.54, 1.807) is 24.3 Å². The predicted octanol–water partition coefficient (Wildman–Crippen LogP) is 0.935. The summed E-state index contributed by atoms with van der Waals surface area (Å²) in [5.41, 5.74) is 5.45. The lowest BCUT2D eigenvalue weighted by Crippen LogP contribution is -2.36. The van der Waals surface area contributed by atoms with E-state index in [1.807, 2.05) is 0 Å². The molecule has 0 fully saturated rings. The van der Waals surface area contributed by atoms with Gasteiger partial charge in [-0.2, -0.15) is 13.2 Å². The number of carbonyl (C=O) groups is 3. The standard InChI is InChI=1S/C10H13N3O3.C2HF3O2/c1-16-8-4-2-3-7(5-8)13-10(15)12-6-9(11)14;3-2(4,5)1(6)7/h2-5H,6H2,1H3,(H2,11,14)(H2,12,13,15);(H,6,7). The zero-order valence-electron chi connectivity index (χ0n) is 11.8. The molecule has 0 saturated heterocycles. The van der Waals surface area contributed by atoms with Crippen molar-refractivity contribution in [1.29, 1.82) is 0 Å². The molecule has 0 aromatic heterocycles. The lowest BCUT2D eigenvalue weighted by molar-refractivity contribution is -0.192. The Hall–Kier alpha value is -2.98. The second-order valence-electron chi connectivity index (χ2n) is 3.81. The van der Waals surface area contributed by atoms with Crippen molar-refractivity contribution in [3.05, 3.63) is 24.3 Å². The van der Waals surface area contributed by atoms with Crippen molar-refractivity contribution < 1.29 is 37.4 Å². The Bertz CT molecular complexity index is 563. The van der Waals surface area contributed by atoms with Crippen molar-refractivity contribution in [1.82, 2.24) is 5.32 Å². The summed E-state index contributed by atoms with van der Waals surface area (Å²) in [7, 11) is 1.53. The number of benzene rings is 1. The van der Waals surface area contributed by atoms with E-state index >= 15 is 0 Å². The summed E-state index contributed by atoms with van der Waals surface area (Å²) in [5, 5.41) is 12.0. The van der Waals surface area contributed by atoms with Crippen LogP contribution in [0.2, 0.25) is 0 Å². The number of carboxylic acid groups (broad SMARTS) is 1. The Labute approximate surface area is 128 Å². The Balaban J connectivity index is 0.000000585. The van der Waals surface area contributed by atoms with Crippen LogP contribution in [-0.2, 0) is 9.59 Å². The summed E-state index contributed by atoms with van der Waals surface area (Å²) in [5.74, 6) is -2.72. The minimum absolute atomic E-state index is 0.199. The fraction of sp³-hybridized carbons (Fsp3) is 0.250. The first-order valence-corrected chi connectivity index (χ1v) is 5.83. The smallest absolute Gasteiger partial charge is 0.490 e. The summed E-state index contributed by atoms with van der Waals surface area (Å²) in [6, 6.07) is 6.36. The molecule has 0 heterocycles. The van der Waals surface area contributed by atoms with Gasteiger partial charge in [0.2, 0.25) is 5.91 Å². The van der Waals surface area contributed by atoms with Crippen molar-refractivity contribution in [2.24, 2.45) is 5.73 Å². The van der Waals surface area contributed by atoms with Crippen LogP contribution in [0.3, 0.4) is 0 Å². The van der Waals surface area contributed by atoms with E-state index in [-0.39, 0.29) is 6.54 Å². The number of aliphatic carboxylic acids is 1. The van der Waals surface area contributed by atoms with Gasteiger partial charge in [0.1, 0.15) is 5.75 Å². The number of methoxy groups -OCH3 is 1. The number of halogens is 3. The van der Waals surface area contributed by atoms with Crippen LogP contribution in [0, 0.1) is 0 Å². The van der Waals surface area contributed by atoms with Gasteiger partial charge in [-0.25, -0.2) is 9.59 Å². The summed E-state index contributed by atoms with van der Waals surface area (Å²) in [4.78, 5) is 30.6. The number of carbonyl (C=O) groups excluding carboxylic acids is 2. The number of rotatable bonds is 4. The highest BCUT2D eigenvalue weighted by atomic mass is 19.4. The maximum Gasteiger partial charge on any atom is 0.490 e. The second-order valence-corrected chi connectivity index (χ2v) is 3.81. The number of ether oxygens (including phenoxy) is 1. The molecular weight excluding hydrogens is 323 g/mol. The zero-order chi connectivity index (χ0) is 18.0. The van der Waals surface area contributed by atoms with Crippen LogP contribution in [0.5, 0.6) is 5.75 Å². The first-order valence-electron chi connectivity index (χ1n) is 5.83. The lowest BCUT2D eigenvalue weighted by Gasteiger charge is -2.07. The van der Waals surface area contributed by atoms with E-state index in [9.17, 15) is 22.8 Å². The molecule has 0 unspecified atom stereocenters. The van der Waals surface area contributed by atoms with Crippen LogP contribution in [-0.4, -0.2) is 42.8 Å². The van der Waals surface area contributed by atoms with E-state index in [0.29, 0.717) is 11.4 Å². The van der Waals surface area contributed by atoms with E-state index in [2.05, 4.69) is 10.6 Å². The monoisotopic (exact) mass is 337 g/mol. The fourth-order valence-electron chi connectivity index (χ4n) is 1.04. The number of nitrogens with one attached hydrogen (secondary N) is 2. The van der Waals surface area contributed by atoms with Crippen molar-refractivity contribution in [2.75, 3.05) is 19.0 Å². The molecule has 3 amide bonds. The Kier molecular flexibility index (Phi) is 7.94. The van der Waals surface area contributed by atoms with E-state index in [4.69, 9.17) is 20.4 Å². The van der Waals surface area contributed by atoms with Crippen LogP contribution < -0.4 is 21.1 Å². The van der Waals surface area contributed by atoms with Gasteiger partial charge in [0.25, 0.3) is 0 Å². The van der Waals surface area contributed by atoms with Gasteiger partial charge in [0, 0.05) is 11.8 Å². The number of nitrogens with two attached hydrogens (primary N) is 1. The number of urea groups is 1. The number of hydrogen-bond acceptors (Lipinski definition) is 4. The lowest BCUT2D eigenvalue weighted by atomic mass is 10.3. The highest BCUT2D eigenvalue weighted by molar-refractivity contribution is 5.92. The maximum absolute atomic E-state index is 11.2. The average molecular weight is 337 g/mol. The molecule has 0 spiro atoms. The van der Waals surface area contributed by atoms with Gasteiger partial charge in [-0.15, -0.1) is 0 Å². The maximum atomic E-state index is 11.2. The first kappa shape index (κ1) is 20.0. The SMILES string of the molecule is COc1cccc(NC(=O)NCC(N)=O)c1.O=C(O)C(F)(F)F. The Morgan fingerprint density at radius 2 is 1.87 bits per heavy atom. The molecule has 11 heteroatoms. The minimum atomic E-state index is -5.08. The third-order valence-electron chi connectivity index (χ3n) is 1.99. The van der Waals surface area contributed by atoms with Crippen LogP contribution in [0.1, 0.15) is 0 Å². The topological polar surface area (TPSA) is 131 Å². The van der Waals surface area contributed by atoms with Gasteiger partial charge < -0.3 is 26.2 Å². The van der Waals surface area contributed by atoms with E-state index in [0.717, 1.165) is 0 Å². The molecule has 0 bridgehead atoms. The molecule has 23 heavy (non-hydrogen) atoms. The number of primary amides is 1. The van der Waals surface area contributed by atoms with Crippen molar-refractivity contribution in [3.63, 3.8) is 0 Å². The number of hydrogen-bond donors (Lipinski definition) is 4. The number of amides is 3. The molecule has 0 atom stereocenters. The normalized spacial score (nSPS) is 9.91. The first-order chi connectivity index (χ1) is 10.6. The molecule has 128 valence electrons. The van der Waals surface area contributed by atoms with E-state index < -0.39 is 24.1 Å². The molecule has 0 radical (unpaired) electrons. The number of anilines is 1. The third kappa shape index (κ3) is 9.55. The van der Waals surface area contributed by atoms with Gasteiger partial charge in [-0.1, -0.05) is 6.07 Å². The third-order valence-corrected chi connectivity index (χ3v) is 1.99. The van der Waals surface area contributed by atoms with Crippen molar-refractivity contribution in [3.8, 4) is 5.75 Å². The highest BCUT2D eigenvalue weighted by Crippen LogP contribution is 2.16. The largest absolute Gasteiger partial charge is 0.497 e. The molecule has 0 saturated carbocycles. The summed E-state index contributed by atoms with van der Waals surface area (Å²) in [6.07, 6.45) is -5.08. The summed E-state index contributed by atoms with van der Waals surface area (Å²) < 4.78 is 36.7. The minimum Gasteiger partial charge on any atom is -0.497 e.